The fraction of sp³-hybridized carbons (Fsp3) is 0.750. The van der Waals surface area contributed by atoms with E-state index in [1.165, 1.54) is 0 Å². The number of alkyl halides is 3. The fourth-order valence-electron chi connectivity index (χ4n) is 0.763. The lowest BCUT2D eigenvalue weighted by Crippen LogP contribution is -2.36. The summed E-state index contributed by atoms with van der Waals surface area (Å²) in [6.45, 7) is 0.832. The van der Waals surface area contributed by atoms with Crippen molar-refractivity contribution in [2.45, 2.75) is 32.0 Å². The van der Waals surface area contributed by atoms with Crippen LogP contribution in [0.2, 0.25) is 0 Å². The molecule has 0 aromatic heterocycles. The third-order valence-electron chi connectivity index (χ3n) is 1.45. The number of rotatable bonds is 4. The molecule has 0 amide bonds. The van der Waals surface area contributed by atoms with Crippen LogP contribution in [0.5, 0.6) is 0 Å². The number of hydrogen-bond acceptors (Lipinski definition) is 1. The Hall–Kier alpha value is -0.690. The minimum atomic E-state index is -4.15. The summed E-state index contributed by atoms with van der Waals surface area (Å²) in [5.41, 5.74) is 0. The first-order valence-corrected chi connectivity index (χ1v) is 3.73. The maximum absolute atomic E-state index is 11.7. The fourth-order valence-corrected chi connectivity index (χ4v) is 0.763. The molecule has 0 heterocycles. The molecule has 70 valence electrons. The second kappa shape index (κ2) is 5.04. The average Bonchev–Trinajstić information content (AvgIpc) is 1.96. The van der Waals surface area contributed by atoms with E-state index in [0.717, 1.165) is 0 Å². The van der Waals surface area contributed by atoms with Crippen molar-refractivity contribution < 1.29 is 13.2 Å². The van der Waals surface area contributed by atoms with E-state index in [1.54, 1.807) is 6.92 Å². The first-order valence-electron chi connectivity index (χ1n) is 3.73. The van der Waals surface area contributed by atoms with Crippen LogP contribution in [0.15, 0.2) is 0 Å². The number of terminal acetylenes is 1. The van der Waals surface area contributed by atoms with Gasteiger partial charge in [-0.15, -0.1) is 12.3 Å². The Morgan fingerprint density at radius 3 is 2.42 bits per heavy atom. The molecule has 0 rings (SSSR count). The van der Waals surface area contributed by atoms with Gasteiger partial charge in [-0.05, 0) is 6.42 Å². The topological polar surface area (TPSA) is 12.0 Å². The van der Waals surface area contributed by atoms with Crippen molar-refractivity contribution in [2.75, 3.05) is 6.54 Å². The predicted molar refractivity (Wildman–Crippen MR) is 41.6 cm³/mol. The molecule has 0 saturated carbocycles. The van der Waals surface area contributed by atoms with E-state index in [0.29, 0.717) is 12.8 Å². The first-order chi connectivity index (χ1) is 5.49. The SMILES string of the molecule is C#CCC(CC)NCC(F)(F)F. The lowest BCUT2D eigenvalue weighted by Gasteiger charge is -2.15. The van der Waals surface area contributed by atoms with Gasteiger partial charge in [0.25, 0.3) is 0 Å². The molecule has 0 spiro atoms. The van der Waals surface area contributed by atoms with Gasteiger partial charge in [-0.25, -0.2) is 0 Å². The molecule has 0 aliphatic heterocycles. The Balaban J connectivity index is 3.67. The van der Waals surface area contributed by atoms with Crippen LogP contribution in [0.1, 0.15) is 19.8 Å². The molecule has 12 heavy (non-hydrogen) atoms. The highest BCUT2D eigenvalue weighted by Gasteiger charge is 2.27. The summed E-state index contributed by atoms with van der Waals surface area (Å²) in [5.74, 6) is 2.33. The molecule has 0 aliphatic carbocycles. The Morgan fingerprint density at radius 2 is 2.08 bits per heavy atom. The molecule has 1 atom stereocenters. The second-order valence-electron chi connectivity index (χ2n) is 2.51. The zero-order chi connectivity index (χ0) is 9.61. The number of hydrogen-bond donors (Lipinski definition) is 1. The Morgan fingerprint density at radius 1 is 1.50 bits per heavy atom. The molecule has 1 N–H and O–H groups in total. The van der Waals surface area contributed by atoms with Gasteiger partial charge in [-0.1, -0.05) is 6.92 Å². The van der Waals surface area contributed by atoms with E-state index in [9.17, 15) is 13.2 Å². The summed E-state index contributed by atoms with van der Waals surface area (Å²) in [6, 6.07) is -0.225. The summed E-state index contributed by atoms with van der Waals surface area (Å²) in [6.07, 6.45) is 1.77. The van der Waals surface area contributed by atoms with Crippen LogP contribution in [-0.2, 0) is 0 Å². The maximum Gasteiger partial charge on any atom is 0.401 e. The Bertz CT molecular complexity index is 157. The molecule has 0 radical (unpaired) electrons. The number of nitrogens with one attached hydrogen (secondary N) is 1. The van der Waals surface area contributed by atoms with Gasteiger partial charge in [0.1, 0.15) is 0 Å². The highest BCUT2D eigenvalue weighted by molar-refractivity contribution is 4.89. The van der Waals surface area contributed by atoms with Gasteiger partial charge in [-0.3, -0.25) is 0 Å². The lowest BCUT2D eigenvalue weighted by atomic mass is 10.1. The molecule has 4 heteroatoms. The first kappa shape index (κ1) is 11.3. The van der Waals surface area contributed by atoms with Crippen molar-refractivity contribution in [3.63, 3.8) is 0 Å². The van der Waals surface area contributed by atoms with Gasteiger partial charge < -0.3 is 5.32 Å². The van der Waals surface area contributed by atoms with Crippen LogP contribution >= 0.6 is 0 Å². The smallest absolute Gasteiger partial charge is 0.305 e. The van der Waals surface area contributed by atoms with Crippen LogP contribution in [0, 0.1) is 12.3 Å². The molecule has 0 bridgehead atoms. The van der Waals surface area contributed by atoms with Gasteiger partial charge in [0.15, 0.2) is 0 Å². The van der Waals surface area contributed by atoms with Gasteiger partial charge >= 0.3 is 6.18 Å². The van der Waals surface area contributed by atoms with Crippen molar-refractivity contribution in [1.29, 1.82) is 0 Å². The molecule has 1 unspecified atom stereocenters. The molecule has 1 nitrogen and oxygen atoms in total. The summed E-state index contributed by atoms with van der Waals surface area (Å²) in [5, 5.41) is 2.34. The highest BCUT2D eigenvalue weighted by atomic mass is 19.4. The lowest BCUT2D eigenvalue weighted by molar-refractivity contribution is -0.126. The van der Waals surface area contributed by atoms with Crippen LogP contribution in [0.4, 0.5) is 13.2 Å². The van der Waals surface area contributed by atoms with Gasteiger partial charge in [0.2, 0.25) is 0 Å². The molecular weight excluding hydrogens is 167 g/mol. The van der Waals surface area contributed by atoms with E-state index in [-0.39, 0.29) is 6.04 Å². The predicted octanol–water partition coefficient (Wildman–Crippen LogP) is 1.94. The standard InChI is InChI=1S/C8H12F3N/c1-3-5-7(4-2)12-6-8(9,10)11/h1,7,12H,4-6H2,2H3. The monoisotopic (exact) mass is 179 g/mol. The van der Waals surface area contributed by atoms with Crippen LogP contribution in [0.3, 0.4) is 0 Å². The van der Waals surface area contributed by atoms with Crippen molar-refractivity contribution in [2.24, 2.45) is 0 Å². The van der Waals surface area contributed by atoms with Gasteiger partial charge in [0, 0.05) is 12.5 Å². The van der Waals surface area contributed by atoms with Crippen molar-refractivity contribution in [3.05, 3.63) is 0 Å². The van der Waals surface area contributed by atoms with Gasteiger partial charge in [0.05, 0.1) is 6.54 Å². The summed E-state index contributed by atoms with van der Waals surface area (Å²) < 4.78 is 35.0. The van der Waals surface area contributed by atoms with E-state index in [4.69, 9.17) is 6.42 Å². The van der Waals surface area contributed by atoms with Crippen LogP contribution in [-0.4, -0.2) is 18.8 Å². The van der Waals surface area contributed by atoms with Crippen molar-refractivity contribution in [1.82, 2.24) is 5.32 Å². The van der Waals surface area contributed by atoms with E-state index >= 15 is 0 Å². The second-order valence-corrected chi connectivity index (χ2v) is 2.51. The quantitative estimate of drug-likeness (QED) is 0.650. The third-order valence-corrected chi connectivity index (χ3v) is 1.45. The molecule has 0 aromatic rings. The van der Waals surface area contributed by atoms with E-state index in [1.807, 2.05) is 0 Å². The molecule has 0 aliphatic rings. The zero-order valence-corrected chi connectivity index (χ0v) is 6.91. The average molecular weight is 179 g/mol. The summed E-state index contributed by atoms with van der Waals surface area (Å²) >= 11 is 0. The van der Waals surface area contributed by atoms with Crippen molar-refractivity contribution in [3.8, 4) is 12.3 Å². The zero-order valence-electron chi connectivity index (χ0n) is 6.91. The minimum Gasteiger partial charge on any atom is -0.305 e. The Labute approximate surface area is 70.3 Å². The summed E-state index contributed by atoms with van der Waals surface area (Å²) in [4.78, 5) is 0. The van der Waals surface area contributed by atoms with Crippen LogP contribution in [0.25, 0.3) is 0 Å². The molecule has 0 saturated heterocycles. The van der Waals surface area contributed by atoms with E-state index < -0.39 is 12.7 Å². The molecular formula is C8H12F3N. The minimum absolute atomic E-state index is 0.225. The maximum atomic E-state index is 11.7. The van der Waals surface area contributed by atoms with Crippen molar-refractivity contribution >= 4 is 0 Å². The summed E-state index contributed by atoms with van der Waals surface area (Å²) in [7, 11) is 0. The van der Waals surface area contributed by atoms with Crippen LogP contribution < -0.4 is 5.32 Å². The third kappa shape index (κ3) is 6.05. The largest absolute Gasteiger partial charge is 0.401 e. The molecule has 0 aromatic carbocycles. The van der Waals surface area contributed by atoms with Gasteiger partial charge in [-0.2, -0.15) is 13.2 Å². The molecule has 0 fully saturated rings. The normalized spacial score (nSPS) is 13.9. The highest BCUT2D eigenvalue weighted by Crippen LogP contribution is 2.13. The Kier molecular flexibility index (Phi) is 4.75. The van der Waals surface area contributed by atoms with E-state index in [2.05, 4.69) is 11.2 Å². The number of halogens is 3.